The number of anilines is 1. The van der Waals surface area contributed by atoms with Gasteiger partial charge in [0.2, 0.25) is 0 Å². The van der Waals surface area contributed by atoms with Crippen molar-refractivity contribution in [3.05, 3.63) is 29.3 Å². The van der Waals surface area contributed by atoms with Gasteiger partial charge in [-0.25, -0.2) is 4.79 Å². The van der Waals surface area contributed by atoms with Gasteiger partial charge in [0.1, 0.15) is 0 Å². The largest absolute Gasteiger partial charge is 0.478 e. The molecule has 0 aliphatic carbocycles. The third-order valence-electron chi connectivity index (χ3n) is 3.36. The molecule has 1 aromatic carbocycles. The predicted octanol–water partition coefficient (Wildman–Crippen LogP) is 2.53. The molecule has 0 amide bonds. The second-order valence-electron chi connectivity index (χ2n) is 4.78. The molecule has 1 atom stereocenters. The van der Waals surface area contributed by atoms with E-state index in [0.29, 0.717) is 11.5 Å². The maximum atomic E-state index is 10.9. The Balaban J connectivity index is 1.85. The van der Waals surface area contributed by atoms with E-state index in [4.69, 9.17) is 9.84 Å². The van der Waals surface area contributed by atoms with E-state index in [1.165, 1.54) is 0 Å². The second kappa shape index (κ2) is 5.87. The molecule has 1 aliphatic rings. The zero-order valence-electron chi connectivity index (χ0n) is 10.6. The lowest BCUT2D eigenvalue weighted by Crippen LogP contribution is -2.09. The fraction of sp³-hybridized carbons (Fsp3) is 0.500. The summed E-state index contributed by atoms with van der Waals surface area (Å²) in [6.07, 6.45) is 2.25. The standard InChI is InChI=1S/C14H19NO3/c1-10-8-12(2-3-13(10)14(16)17)15-6-4-11-5-7-18-9-11/h2-3,8,11,15H,4-7,9H2,1H3,(H,16,17). The van der Waals surface area contributed by atoms with Crippen molar-refractivity contribution in [3.8, 4) is 0 Å². The Kier molecular flexibility index (Phi) is 4.20. The Morgan fingerprint density at radius 2 is 2.39 bits per heavy atom. The minimum atomic E-state index is -0.873. The van der Waals surface area contributed by atoms with Gasteiger partial charge in [0.25, 0.3) is 0 Å². The summed E-state index contributed by atoms with van der Waals surface area (Å²) in [5, 5.41) is 12.3. The summed E-state index contributed by atoms with van der Waals surface area (Å²) in [5.74, 6) is -0.209. The van der Waals surface area contributed by atoms with E-state index in [-0.39, 0.29) is 0 Å². The molecule has 1 fully saturated rings. The molecule has 4 heteroatoms. The van der Waals surface area contributed by atoms with Crippen LogP contribution in [0.3, 0.4) is 0 Å². The third kappa shape index (κ3) is 3.23. The Morgan fingerprint density at radius 3 is 3.00 bits per heavy atom. The van der Waals surface area contributed by atoms with Gasteiger partial charge in [-0.05, 0) is 49.4 Å². The lowest BCUT2D eigenvalue weighted by molar-refractivity contribution is 0.0696. The van der Waals surface area contributed by atoms with Crippen LogP contribution in [0.5, 0.6) is 0 Å². The molecule has 0 radical (unpaired) electrons. The zero-order chi connectivity index (χ0) is 13.0. The fourth-order valence-electron chi connectivity index (χ4n) is 2.25. The highest BCUT2D eigenvalue weighted by Gasteiger charge is 2.14. The van der Waals surface area contributed by atoms with Crippen LogP contribution in [0.2, 0.25) is 0 Å². The first-order valence-corrected chi connectivity index (χ1v) is 6.32. The highest BCUT2D eigenvalue weighted by Crippen LogP contribution is 2.18. The van der Waals surface area contributed by atoms with Gasteiger partial charge in [-0.15, -0.1) is 0 Å². The maximum Gasteiger partial charge on any atom is 0.335 e. The molecule has 0 spiro atoms. The molecule has 1 aromatic rings. The number of hydrogen-bond donors (Lipinski definition) is 2. The van der Waals surface area contributed by atoms with E-state index in [2.05, 4.69) is 5.32 Å². The number of ether oxygens (including phenoxy) is 1. The lowest BCUT2D eigenvalue weighted by atomic mass is 10.0. The van der Waals surface area contributed by atoms with Crippen molar-refractivity contribution in [3.63, 3.8) is 0 Å². The molecule has 4 nitrogen and oxygen atoms in total. The lowest BCUT2D eigenvalue weighted by Gasteiger charge is -2.11. The first-order chi connectivity index (χ1) is 8.66. The Bertz CT molecular complexity index is 425. The smallest absolute Gasteiger partial charge is 0.335 e. The van der Waals surface area contributed by atoms with Crippen molar-refractivity contribution < 1.29 is 14.6 Å². The van der Waals surface area contributed by atoms with Gasteiger partial charge in [0.05, 0.1) is 5.56 Å². The zero-order valence-corrected chi connectivity index (χ0v) is 10.6. The number of aryl methyl sites for hydroxylation is 1. The van der Waals surface area contributed by atoms with Crippen LogP contribution in [-0.4, -0.2) is 30.8 Å². The number of hydrogen-bond acceptors (Lipinski definition) is 3. The van der Waals surface area contributed by atoms with E-state index < -0.39 is 5.97 Å². The van der Waals surface area contributed by atoms with Gasteiger partial charge in [0.15, 0.2) is 0 Å². The number of carbonyl (C=O) groups is 1. The van der Waals surface area contributed by atoms with Gasteiger partial charge in [-0.3, -0.25) is 0 Å². The van der Waals surface area contributed by atoms with Gasteiger partial charge >= 0.3 is 5.97 Å². The normalized spacial score (nSPS) is 18.8. The van der Waals surface area contributed by atoms with Gasteiger partial charge in [-0.2, -0.15) is 0 Å². The number of rotatable bonds is 5. The average molecular weight is 249 g/mol. The number of carboxylic acids is 1. The summed E-state index contributed by atoms with van der Waals surface area (Å²) in [7, 11) is 0. The molecule has 1 heterocycles. The summed E-state index contributed by atoms with van der Waals surface area (Å²) in [6.45, 7) is 4.48. The van der Waals surface area contributed by atoms with Crippen molar-refractivity contribution in [2.24, 2.45) is 5.92 Å². The Morgan fingerprint density at radius 1 is 1.56 bits per heavy atom. The first-order valence-electron chi connectivity index (χ1n) is 6.32. The van der Waals surface area contributed by atoms with Crippen LogP contribution >= 0.6 is 0 Å². The van der Waals surface area contributed by atoms with Gasteiger partial charge in [-0.1, -0.05) is 0 Å². The molecule has 0 saturated carbocycles. The van der Waals surface area contributed by atoms with E-state index in [0.717, 1.165) is 43.9 Å². The van der Waals surface area contributed by atoms with Crippen LogP contribution in [0.25, 0.3) is 0 Å². The topological polar surface area (TPSA) is 58.6 Å². The van der Waals surface area contributed by atoms with Crippen LogP contribution in [0.4, 0.5) is 5.69 Å². The van der Waals surface area contributed by atoms with Crippen LogP contribution in [-0.2, 0) is 4.74 Å². The molecule has 2 N–H and O–H groups in total. The van der Waals surface area contributed by atoms with Crippen LogP contribution in [0, 0.1) is 12.8 Å². The van der Waals surface area contributed by atoms with Crippen LogP contribution in [0.15, 0.2) is 18.2 Å². The molecular weight excluding hydrogens is 230 g/mol. The molecule has 2 rings (SSSR count). The molecule has 1 saturated heterocycles. The van der Waals surface area contributed by atoms with E-state index in [1.807, 2.05) is 19.1 Å². The molecule has 1 aliphatic heterocycles. The second-order valence-corrected chi connectivity index (χ2v) is 4.78. The van der Waals surface area contributed by atoms with Crippen molar-refractivity contribution in [1.82, 2.24) is 0 Å². The van der Waals surface area contributed by atoms with Crippen LogP contribution in [0.1, 0.15) is 28.8 Å². The maximum absolute atomic E-state index is 10.9. The molecule has 1 unspecified atom stereocenters. The fourth-order valence-corrected chi connectivity index (χ4v) is 2.25. The summed E-state index contributed by atoms with van der Waals surface area (Å²) in [5.41, 5.74) is 2.14. The number of benzene rings is 1. The SMILES string of the molecule is Cc1cc(NCCC2CCOC2)ccc1C(=O)O. The van der Waals surface area contributed by atoms with Crippen molar-refractivity contribution in [2.75, 3.05) is 25.1 Å². The summed E-state index contributed by atoms with van der Waals surface area (Å²) >= 11 is 0. The number of nitrogens with one attached hydrogen (secondary N) is 1. The minimum absolute atomic E-state index is 0.366. The Hall–Kier alpha value is -1.55. The van der Waals surface area contributed by atoms with Crippen LogP contribution < -0.4 is 5.32 Å². The molecule has 18 heavy (non-hydrogen) atoms. The summed E-state index contributed by atoms with van der Waals surface area (Å²) in [4.78, 5) is 10.9. The van der Waals surface area contributed by atoms with E-state index in [9.17, 15) is 4.79 Å². The first kappa shape index (κ1) is 12.9. The molecule has 98 valence electrons. The monoisotopic (exact) mass is 249 g/mol. The minimum Gasteiger partial charge on any atom is -0.478 e. The highest BCUT2D eigenvalue weighted by atomic mass is 16.5. The van der Waals surface area contributed by atoms with E-state index in [1.54, 1.807) is 6.07 Å². The molecule has 0 bridgehead atoms. The quantitative estimate of drug-likeness (QED) is 0.842. The van der Waals surface area contributed by atoms with Crippen molar-refractivity contribution in [2.45, 2.75) is 19.8 Å². The average Bonchev–Trinajstić information content (AvgIpc) is 2.81. The summed E-state index contributed by atoms with van der Waals surface area (Å²) < 4.78 is 5.33. The number of aromatic carboxylic acids is 1. The third-order valence-corrected chi connectivity index (χ3v) is 3.36. The van der Waals surface area contributed by atoms with Gasteiger partial charge < -0.3 is 15.2 Å². The summed E-state index contributed by atoms with van der Waals surface area (Å²) in [6, 6.07) is 5.36. The molecular formula is C14H19NO3. The molecule has 0 aromatic heterocycles. The van der Waals surface area contributed by atoms with Crippen molar-refractivity contribution in [1.29, 1.82) is 0 Å². The van der Waals surface area contributed by atoms with E-state index >= 15 is 0 Å². The predicted molar refractivity (Wildman–Crippen MR) is 70.2 cm³/mol. The highest BCUT2D eigenvalue weighted by molar-refractivity contribution is 5.89. The Labute approximate surface area is 107 Å². The van der Waals surface area contributed by atoms with Crippen molar-refractivity contribution >= 4 is 11.7 Å². The van der Waals surface area contributed by atoms with Gasteiger partial charge in [0, 0.05) is 25.4 Å². The number of carboxylic acid groups (broad SMARTS) is 1.